The normalized spacial score (nSPS) is 16.7. The maximum atomic E-state index is 12.9. The van der Waals surface area contributed by atoms with Crippen LogP contribution in [-0.2, 0) is 11.3 Å². The summed E-state index contributed by atoms with van der Waals surface area (Å²) in [6, 6.07) is 20.1. The van der Waals surface area contributed by atoms with Gasteiger partial charge in [0.05, 0.1) is 11.4 Å². The lowest BCUT2D eigenvalue weighted by molar-refractivity contribution is -0.119. The Balaban J connectivity index is 1.28. The number of pyridine rings is 1. The molecule has 5 rings (SSSR count). The maximum absolute atomic E-state index is 12.9. The lowest BCUT2D eigenvalue weighted by atomic mass is 10.1. The monoisotopic (exact) mass is 397 g/mol. The second-order valence-corrected chi connectivity index (χ2v) is 7.76. The summed E-state index contributed by atoms with van der Waals surface area (Å²) in [6.07, 6.45) is 4.39. The van der Waals surface area contributed by atoms with Gasteiger partial charge < -0.3 is 5.32 Å². The van der Waals surface area contributed by atoms with E-state index in [1.54, 1.807) is 12.4 Å². The van der Waals surface area contributed by atoms with E-state index < -0.39 is 0 Å². The topological polar surface area (TPSA) is 73.9 Å². The Morgan fingerprint density at radius 1 is 1.10 bits per heavy atom. The molecule has 2 aromatic carbocycles. The zero-order chi connectivity index (χ0) is 20.3. The molecule has 1 atom stereocenters. The summed E-state index contributed by atoms with van der Waals surface area (Å²) in [4.78, 5) is 19.3. The number of nitrogens with zero attached hydrogens (tertiary/aromatic N) is 3. The van der Waals surface area contributed by atoms with Crippen molar-refractivity contribution >= 4 is 22.5 Å². The van der Waals surface area contributed by atoms with E-state index >= 15 is 0 Å². The van der Waals surface area contributed by atoms with E-state index in [4.69, 9.17) is 0 Å². The van der Waals surface area contributed by atoms with Gasteiger partial charge in [0, 0.05) is 42.1 Å². The zero-order valence-electron chi connectivity index (χ0n) is 16.6. The number of benzene rings is 2. The van der Waals surface area contributed by atoms with Crippen LogP contribution in [0.5, 0.6) is 0 Å². The van der Waals surface area contributed by atoms with Crippen molar-refractivity contribution < 1.29 is 4.79 Å². The lowest BCUT2D eigenvalue weighted by Crippen LogP contribution is -2.26. The Labute approximate surface area is 174 Å². The highest BCUT2D eigenvalue weighted by atomic mass is 16.1. The minimum Gasteiger partial charge on any atom is -0.326 e. The van der Waals surface area contributed by atoms with E-state index in [9.17, 15) is 4.79 Å². The number of aromatic amines is 1. The maximum Gasteiger partial charge on any atom is 0.228 e. The highest BCUT2D eigenvalue weighted by Crippen LogP contribution is 2.28. The number of fused-ring (bicyclic) bond motifs is 1. The first-order chi connectivity index (χ1) is 14.8. The Morgan fingerprint density at radius 2 is 1.93 bits per heavy atom. The van der Waals surface area contributed by atoms with Crippen molar-refractivity contribution in [2.24, 2.45) is 5.92 Å². The molecule has 1 saturated heterocycles. The molecule has 1 amide bonds. The molecule has 0 bridgehead atoms. The second kappa shape index (κ2) is 8.08. The molecule has 0 spiro atoms. The van der Waals surface area contributed by atoms with Gasteiger partial charge >= 0.3 is 0 Å². The first-order valence-corrected chi connectivity index (χ1v) is 10.2. The number of anilines is 1. The van der Waals surface area contributed by atoms with E-state index in [1.807, 2.05) is 36.4 Å². The third kappa shape index (κ3) is 3.82. The molecule has 0 radical (unpaired) electrons. The van der Waals surface area contributed by atoms with E-state index in [2.05, 4.69) is 49.7 Å². The van der Waals surface area contributed by atoms with Gasteiger partial charge in [-0.2, -0.15) is 5.10 Å². The van der Waals surface area contributed by atoms with E-state index in [0.717, 1.165) is 53.9 Å². The molecular formula is C24H23N5O. The lowest BCUT2D eigenvalue weighted by Gasteiger charge is -2.16. The summed E-state index contributed by atoms with van der Waals surface area (Å²) in [5.41, 5.74) is 4.87. The van der Waals surface area contributed by atoms with Crippen LogP contribution in [0.4, 0.5) is 5.69 Å². The largest absolute Gasteiger partial charge is 0.326 e. The van der Waals surface area contributed by atoms with Crippen LogP contribution >= 0.6 is 0 Å². The molecule has 0 aliphatic carbocycles. The smallest absolute Gasteiger partial charge is 0.228 e. The predicted octanol–water partition coefficient (Wildman–Crippen LogP) is 4.09. The second-order valence-electron chi connectivity index (χ2n) is 7.76. The summed E-state index contributed by atoms with van der Waals surface area (Å²) >= 11 is 0. The zero-order valence-corrected chi connectivity index (χ0v) is 16.6. The molecule has 1 aliphatic heterocycles. The standard InChI is InChI=1S/C24H23N5O/c30-24(19-10-13-29(16-19)15-17-4-2-1-3-5-17)26-20-6-7-22-21(14-20)23(28-27-22)18-8-11-25-12-9-18/h1-9,11-12,14,19H,10,13,15-16H2,(H,26,30)(H,27,28)/t19-/m1/s1. The Morgan fingerprint density at radius 3 is 2.77 bits per heavy atom. The number of carbonyl (C=O) groups is 1. The summed E-state index contributed by atoms with van der Waals surface area (Å²) in [6.45, 7) is 2.62. The molecule has 0 saturated carbocycles. The van der Waals surface area contributed by atoms with Crippen molar-refractivity contribution in [2.45, 2.75) is 13.0 Å². The van der Waals surface area contributed by atoms with Gasteiger partial charge in [0.15, 0.2) is 0 Å². The molecule has 3 heterocycles. The van der Waals surface area contributed by atoms with Gasteiger partial charge in [0.2, 0.25) is 5.91 Å². The first kappa shape index (κ1) is 18.5. The van der Waals surface area contributed by atoms with E-state index in [1.165, 1.54) is 5.56 Å². The highest BCUT2D eigenvalue weighted by molar-refractivity contribution is 5.99. The van der Waals surface area contributed by atoms with Crippen LogP contribution in [0.3, 0.4) is 0 Å². The molecule has 6 nitrogen and oxygen atoms in total. The highest BCUT2D eigenvalue weighted by Gasteiger charge is 2.28. The Hall–Kier alpha value is -3.51. The summed E-state index contributed by atoms with van der Waals surface area (Å²) < 4.78 is 0. The summed E-state index contributed by atoms with van der Waals surface area (Å²) in [7, 11) is 0. The molecule has 4 aromatic rings. The molecule has 1 aliphatic rings. The molecule has 2 N–H and O–H groups in total. The number of aromatic nitrogens is 3. The number of amides is 1. The average molecular weight is 397 g/mol. The molecule has 1 fully saturated rings. The number of likely N-dealkylation sites (tertiary alicyclic amines) is 1. The van der Waals surface area contributed by atoms with Crippen LogP contribution in [-0.4, -0.2) is 39.1 Å². The fourth-order valence-corrected chi connectivity index (χ4v) is 4.10. The predicted molar refractivity (Wildman–Crippen MR) is 118 cm³/mol. The van der Waals surface area contributed by atoms with Gasteiger partial charge in [-0.1, -0.05) is 30.3 Å². The molecular weight excluding hydrogens is 374 g/mol. The van der Waals surface area contributed by atoms with Gasteiger partial charge in [0.1, 0.15) is 5.69 Å². The van der Waals surface area contributed by atoms with Crippen molar-refractivity contribution in [3.8, 4) is 11.3 Å². The fourth-order valence-electron chi connectivity index (χ4n) is 4.10. The van der Waals surface area contributed by atoms with Gasteiger partial charge in [-0.05, 0) is 48.9 Å². The summed E-state index contributed by atoms with van der Waals surface area (Å²) in [5, 5.41) is 11.6. The molecule has 30 heavy (non-hydrogen) atoms. The minimum atomic E-state index is 0.00780. The Bertz CT molecular complexity index is 1160. The van der Waals surface area contributed by atoms with Crippen LogP contribution in [0.1, 0.15) is 12.0 Å². The first-order valence-electron chi connectivity index (χ1n) is 10.2. The number of carbonyl (C=O) groups excluding carboxylic acids is 1. The van der Waals surface area contributed by atoms with Crippen LogP contribution in [0.25, 0.3) is 22.2 Å². The number of H-pyrrole nitrogens is 1. The van der Waals surface area contributed by atoms with Gasteiger partial charge in [-0.15, -0.1) is 0 Å². The third-order valence-corrected chi connectivity index (χ3v) is 5.68. The molecule has 150 valence electrons. The SMILES string of the molecule is O=C(Nc1ccc2[nH]nc(-c3ccncc3)c2c1)[C@@H]1CCN(Cc2ccccc2)C1. The molecule has 6 heteroatoms. The number of nitrogens with one attached hydrogen (secondary N) is 2. The van der Waals surface area contributed by atoms with Crippen molar-refractivity contribution in [1.82, 2.24) is 20.1 Å². The van der Waals surface area contributed by atoms with Crippen molar-refractivity contribution in [3.63, 3.8) is 0 Å². The van der Waals surface area contributed by atoms with Crippen LogP contribution < -0.4 is 5.32 Å². The van der Waals surface area contributed by atoms with Gasteiger partial charge in [-0.3, -0.25) is 19.8 Å². The Kier molecular flexibility index (Phi) is 4.99. The van der Waals surface area contributed by atoms with Crippen molar-refractivity contribution in [3.05, 3.63) is 78.6 Å². The number of hydrogen-bond donors (Lipinski definition) is 2. The van der Waals surface area contributed by atoms with Crippen LogP contribution in [0, 0.1) is 5.92 Å². The van der Waals surface area contributed by atoms with Crippen LogP contribution in [0.15, 0.2) is 73.1 Å². The van der Waals surface area contributed by atoms with Crippen molar-refractivity contribution in [1.29, 1.82) is 0 Å². The average Bonchev–Trinajstić information content (AvgIpc) is 3.42. The van der Waals surface area contributed by atoms with E-state index in [-0.39, 0.29) is 11.8 Å². The number of hydrogen-bond acceptors (Lipinski definition) is 4. The fraction of sp³-hybridized carbons (Fsp3) is 0.208. The van der Waals surface area contributed by atoms with Crippen LogP contribution in [0.2, 0.25) is 0 Å². The van der Waals surface area contributed by atoms with E-state index in [0.29, 0.717) is 0 Å². The third-order valence-electron chi connectivity index (χ3n) is 5.68. The quantitative estimate of drug-likeness (QED) is 0.532. The summed E-state index contributed by atoms with van der Waals surface area (Å²) in [5.74, 6) is 0.0901. The van der Waals surface area contributed by atoms with Gasteiger partial charge in [-0.25, -0.2) is 0 Å². The molecule has 0 unspecified atom stereocenters. The van der Waals surface area contributed by atoms with Gasteiger partial charge in [0.25, 0.3) is 0 Å². The van der Waals surface area contributed by atoms with Crippen molar-refractivity contribution in [2.75, 3.05) is 18.4 Å². The minimum absolute atomic E-state index is 0.00780. The number of rotatable bonds is 5. The molecule has 2 aromatic heterocycles.